The molecule has 1 rings (SSSR count). The quantitative estimate of drug-likeness (QED) is 0.462. The lowest BCUT2D eigenvalue weighted by Gasteiger charge is -2.23. The maximum atomic E-state index is 11.0. The molecule has 0 radical (unpaired) electrons. The maximum absolute atomic E-state index is 11.0. The molecule has 1 aliphatic heterocycles. The van der Waals surface area contributed by atoms with Crippen LogP contribution in [0.2, 0.25) is 0 Å². The summed E-state index contributed by atoms with van der Waals surface area (Å²) in [6.07, 6.45) is 1.61. The zero-order valence-electron chi connectivity index (χ0n) is 8.17. The highest BCUT2D eigenvalue weighted by Crippen LogP contribution is 1.90. The molecule has 0 saturated carbocycles. The van der Waals surface area contributed by atoms with Gasteiger partial charge in [-0.15, -0.1) is 0 Å². The van der Waals surface area contributed by atoms with Crippen molar-refractivity contribution in [3.63, 3.8) is 0 Å². The van der Waals surface area contributed by atoms with Crippen LogP contribution in [0.3, 0.4) is 0 Å². The van der Waals surface area contributed by atoms with Crippen molar-refractivity contribution in [1.29, 1.82) is 0 Å². The molecule has 0 aromatic heterocycles. The van der Waals surface area contributed by atoms with Crippen LogP contribution in [0.25, 0.3) is 0 Å². The van der Waals surface area contributed by atoms with Gasteiger partial charge in [0.1, 0.15) is 0 Å². The van der Waals surface area contributed by atoms with Gasteiger partial charge in [0.15, 0.2) is 6.54 Å². The van der Waals surface area contributed by atoms with Gasteiger partial charge in [-0.25, -0.2) is 0 Å². The second-order valence-electron chi connectivity index (χ2n) is 3.61. The number of carboxylic acids is 1. The average molecular weight is 200 g/mol. The molecule has 2 N–H and O–H groups in total. The van der Waals surface area contributed by atoms with Crippen LogP contribution >= 0.6 is 0 Å². The minimum absolute atomic E-state index is 0.0890. The van der Waals surface area contributed by atoms with E-state index in [0.29, 0.717) is 13.0 Å². The van der Waals surface area contributed by atoms with Crippen molar-refractivity contribution >= 4 is 11.9 Å². The van der Waals surface area contributed by atoms with E-state index in [-0.39, 0.29) is 12.3 Å². The standard InChI is InChI=1S/C9H16N2O3/c12-8-7-11(6-4-10-8)5-2-1-3-9(13)14/h1-7H2,(H,10,12)(H,13,14). The largest absolute Gasteiger partial charge is 0.550 e. The Labute approximate surface area is 83.1 Å². The summed E-state index contributed by atoms with van der Waals surface area (Å²) in [6, 6.07) is 0. The summed E-state index contributed by atoms with van der Waals surface area (Å²) in [5.74, 6) is -0.900. The molecular weight excluding hydrogens is 184 g/mol. The molecule has 5 nitrogen and oxygen atoms in total. The van der Waals surface area contributed by atoms with E-state index in [0.717, 1.165) is 26.1 Å². The number of quaternary nitrogens is 1. The van der Waals surface area contributed by atoms with E-state index in [2.05, 4.69) is 5.32 Å². The van der Waals surface area contributed by atoms with Gasteiger partial charge >= 0.3 is 0 Å². The number of amides is 1. The van der Waals surface area contributed by atoms with Gasteiger partial charge in [0.25, 0.3) is 5.91 Å². The molecule has 1 saturated heterocycles. The van der Waals surface area contributed by atoms with E-state index in [9.17, 15) is 14.7 Å². The molecule has 1 aliphatic rings. The van der Waals surface area contributed by atoms with E-state index in [1.165, 1.54) is 4.90 Å². The van der Waals surface area contributed by atoms with Gasteiger partial charge < -0.3 is 20.1 Å². The lowest BCUT2D eigenvalue weighted by Crippen LogP contribution is -3.15. The van der Waals surface area contributed by atoms with Gasteiger partial charge in [0, 0.05) is 5.97 Å². The molecule has 1 amide bonds. The molecule has 1 heterocycles. The van der Waals surface area contributed by atoms with E-state index < -0.39 is 5.97 Å². The highest BCUT2D eigenvalue weighted by atomic mass is 16.4. The van der Waals surface area contributed by atoms with E-state index in [1.807, 2.05) is 0 Å². The van der Waals surface area contributed by atoms with Gasteiger partial charge in [-0.3, -0.25) is 4.79 Å². The first-order valence-corrected chi connectivity index (χ1v) is 4.98. The highest BCUT2D eigenvalue weighted by molar-refractivity contribution is 5.77. The fraction of sp³-hybridized carbons (Fsp3) is 0.778. The lowest BCUT2D eigenvalue weighted by molar-refractivity contribution is -0.893. The molecule has 1 unspecified atom stereocenters. The molecule has 1 atom stereocenters. The van der Waals surface area contributed by atoms with Crippen molar-refractivity contribution in [2.45, 2.75) is 19.3 Å². The molecule has 80 valence electrons. The van der Waals surface area contributed by atoms with Crippen LogP contribution in [-0.4, -0.2) is 38.1 Å². The zero-order chi connectivity index (χ0) is 10.4. The van der Waals surface area contributed by atoms with Crippen molar-refractivity contribution in [2.24, 2.45) is 0 Å². The van der Waals surface area contributed by atoms with E-state index in [4.69, 9.17) is 0 Å². The number of carboxylic acid groups (broad SMARTS) is 1. The molecular formula is C9H16N2O3. The second kappa shape index (κ2) is 5.59. The topological polar surface area (TPSA) is 73.7 Å². The minimum Gasteiger partial charge on any atom is -0.550 e. The van der Waals surface area contributed by atoms with Crippen LogP contribution in [0.4, 0.5) is 0 Å². The van der Waals surface area contributed by atoms with Crippen LogP contribution in [0.5, 0.6) is 0 Å². The third kappa shape index (κ3) is 4.23. The minimum atomic E-state index is -0.989. The molecule has 0 bridgehead atoms. The van der Waals surface area contributed by atoms with Crippen LogP contribution < -0.4 is 15.3 Å². The predicted molar refractivity (Wildman–Crippen MR) is 47.4 cm³/mol. The monoisotopic (exact) mass is 200 g/mol. The van der Waals surface area contributed by atoms with Gasteiger partial charge in [-0.1, -0.05) is 0 Å². The summed E-state index contributed by atoms with van der Waals surface area (Å²) in [5, 5.41) is 12.9. The molecule has 5 heteroatoms. The third-order valence-electron chi connectivity index (χ3n) is 2.37. The number of hydrogen-bond donors (Lipinski definition) is 2. The summed E-state index contributed by atoms with van der Waals surface area (Å²) in [7, 11) is 0. The highest BCUT2D eigenvalue weighted by Gasteiger charge is 2.18. The number of unbranched alkanes of at least 4 members (excludes halogenated alkanes) is 1. The molecule has 0 aromatic rings. The van der Waals surface area contributed by atoms with Crippen LogP contribution in [0.15, 0.2) is 0 Å². The SMILES string of the molecule is O=C([O-])CCCC[NH+]1CCNC(=O)C1. The first-order chi connectivity index (χ1) is 6.68. The Bertz CT molecular complexity index is 218. The zero-order valence-corrected chi connectivity index (χ0v) is 8.17. The molecule has 14 heavy (non-hydrogen) atoms. The molecule has 0 aliphatic carbocycles. The fourth-order valence-corrected chi connectivity index (χ4v) is 1.61. The van der Waals surface area contributed by atoms with Gasteiger partial charge in [-0.05, 0) is 19.3 Å². The Morgan fingerprint density at radius 1 is 1.50 bits per heavy atom. The summed E-state index contributed by atoms with van der Waals surface area (Å²) >= 11 is 0. The number of carbonyl (C=O) groups is 2. The average Bonchev–Trinajstić information content (AvgIpc) is 2.12. The van der Waals surface area contributed by atoms with Crippen LogP contribution in [0, 0.1) is 0 Å². The van der Waals surface area contributed by atoms with E-state index in [1.54, 1.807) is 0 Å². The number of hydrogen-bond acceptors (Lipinski definition) is 3. The van der Waals surface area contributed by atoms with Gasteiger partial charge in [0.2, 0.25) is 0 Å². The maximum Gasteiger partial charge on any atom is 0.275 e. The third-order valence-corrected chi connectivity index (χ3v) is 2.37. The Balaban J connectivity index is 2.06. The molecule has 1 fully saturated rings. The summed E-state index contributed by atoms with van der Waals surface area (Å²) in [5.41, 5.74) is 0. The summed E-state index contributed by atoms with van der Waals surface area (Å²) in [6.45, 7) is 3.07. The van der Waals surface area contributed by atoms with Crippen LogP contribution in [-0.2, 0) is 9.59 Å². The normalized spacial score (nSPS) is 21.7. The number of carbonyl (C=O) groups excluding carboxylic acids is 2. The van der Waals surface area contributed by atoms with Gasteiger partial charge in [0.05, 0.1) is 19.6 Å². The van der Waals surface area contributed by atoms with Crippen molar-refractivity contribution in [2.75, 3.05) is 26.2 Å². The van der Waals surface area contributed by atoms with Crippen molar-refractivity contribution in [3.8, 4) is 0 Å². The summed E-state index contributed by atoms with van der Waals surface area (Å²) < 4.78 is 0. The first kappa shape index (κ1) is 11.0. The Morgan fingerprint density at radius 2 is 2.29 bits per heavy atom. The smallest absolute Gasteiger partial charge is 0.275 e. The number of piperazine rings is 1. The Morgan fingerprint density at radius 3 is 2.93 bits per heavy atom. The van der Waals surface area contributed by atoms with Crippen molar-refractivity contribution in [3.05, 3.63) is 0 Å². The Hall–Kier alpha value is -1.10. The number of aliphatic carboxylic acids is 1. The van der Waals surface area contributed by atoms with E-state index >= 15 is 0 Å². The second-order valence-corrected chi connectivity index (χ2v) is 3.61. The Kier molecular flexibility index (Phi) is 4.39. The van der Waals surface area contributed by atoms with Crippen LogP contribution in [0.1, 0.15) is 19.3 Å². The van der Waals surface area contributed by atoms with Crippen molar-refractivity contribution in [1.82, 2.24) is 5.32 Å². The fourth-order valence-electron chi connectivity index (χ4n) is 1.61. The predicted octanol–water partition coefficient (Wildman–Crippen LogP) is -3.08. The molecule has 0 aromatic carbocycles. The first-order valence-electron chi connectivity index (χ1n) is 4.98. The number of nitrogens with one attached hydrogen (secondary N) is 2. The summed E-state index contributed by atoms with van der Waals surface area (Å²) in [4.78, 5) is 22.3. The molecule has 0 spiro atoms. The van der Waals surface area contributed by atoms with Crippen molar-refractivity contribution < 1.29 is 19.6 Å². The lowest BCUT2D eigenvalue weighted by atomic mass is 10.2. The van der Waals surface area contributed by atoms with Gasteiger partial charge in [-0.2, -0.15) is 0 Å². The number of rotatable bonds is 5.